The van der Waals surface area contributed by atoms with Crippen molar-refractivity contribution in [1.82, 2.24) is 8.72 Å². The number of carbonyl (C=O) groups is 2. The molecule has 0 aliphatic carbocycles. The molecule has 0 aromatic heterocycles. The van der Waals surface area contributed by atoms with Gasteiger partial charge in [-0.3, -0.25) is 14.0 Å². The predicted molar refractivity (Wildman–Crippen MR) is 140 cm³/mol. The quantitative estimate of drug-likeness (QED) is 0.373. The number of methoxy groups -OCH3 is 1. The number of carbonyl (C=O) groups excluding carboxylic acids is 2. The summed E-state index contributed by atoms with van der Waals surface area (Å²) in [6.07, 6.45) is 2.89. The van der Waals surface area contributed by atoms with E-state index in [9.17, 15) is 18.0 Å². The number of benzene rings is 2. The summed E-state index contributed by atoms with van der Waals surface area (Å²) in [4.78, 5) is 28.0. The third-order valence-corrected chi connectivity index (χ3v) is 8.28. The topological polar surface area (TPSA) is 125 Å². The summed E-state index contributed by atoms with van der Waals surface area (Å²) >= 11 is 5.71. The number of ether oxygens (including phenoxy) is 1. The molecule has 2 heterocycles. The van der Waals surface area contributed by atoms with E-state index in [0.717, 1.165) is 27.1 Å². The first-order chi connectivity index (χ1) is 17.1. The molecule has 36 heavy (non-hydrogen) atoms. The molecule has 2 aromatic rings. The summed E-state index contributed by atoms with van der Waals surface area (Å²) in [6.45, 7) is 1.37. The Kier molecular flexibility index (Phi) is 7.74. The van der Waals surface area contributed by atoms with E-state index < -0.39 is 15.9 Å². The maximum Gasteiger partial charge on any atom is 0.259 e. The van der Waals surface area contributed by atoms with E-state index in [-0.39, 0.29) is 29.9 Å². The van der Waals surface area contributed by atoms with Crippen LogP contribution in [0.4, 0.5) is 11.4 Å². The number of sulfonamides is 1. The smallest absolute Gasteiger partial charge is 0.259 e. The van der Waals surface area contributed by atoms with Crippen molar-refractivity contribution >= 4 is 55.8 Å². The number of nitrogens with zero attached hydrogens (tertiary/aromatic N) is 3. The minimum absolute atomic E-state index is 0.0156. The second-order valence-corrected chi connectivity index (χ2v) is 11.4. The van der Waals surface area contributed by atoms with Gasteiger partial charge in [0.15, 0.2) is 5.03 Å². The fourth-order valence-corrected chi connectivity index (χ4v) is 6.24. The van der Waals surface area contributed by atoms with Crippen molar-refractivity contribution < 1.29 is 22.7 Å². The highest BCUT2D eigenvalue weighted by atomic mass is 35.5. The lowest BCUT2D eigenvalue weighted by Gasteiger charge is -2.31. The van der Waals surface area contributed by atoms with Gasteiger partial charge >= 0.3 is 0 Å². The first-order valence-corrected chi connectivity index (χ1v) is 13.5. The van der Waals surface area contributed by atoms with E-state index in [2.05, 4.69) is 5.32 Å². The van der Waals surface area contributed by atoms with Gasteiger partial charge in [-0.2, -0.15) is 4.31 Å². The van der Waals surface area contributed by atoms with Gasteiger partial charge in [0.1, 0.15) is 0 Å². The van der Waals surface area contributed by atoms with E-state index in [0.29, 0.717) is 43.7 Å². The number of amides is 2. The number of hydrogen-bond donors (Lipinski definition) is 2. The van der Waals surface area contributed by atoms with Crippen molar-refractivity contribution in [3.05, 3.63) is 47.1 Å². The Hall–Kier alpha value is -2.86. The van der Waals surface area contributed by atoms with E-state index in [1.165, 1.54) is 11.4 Å². The zero-order valence-corrected chi connectivity index (χ0v) is 21.8. The second kappa shape index (κ2) is 10.6. The molecule has 0 bridgehead atoms. The molecule has 12 heteroatoms. The van der Waals surface area contributed by atoms with Gasteiger partial charge in [0.05, 0.1) is 17.8 Å². The van der Waals surface area contributed by atoms with Gasteiger partial charge in [0, 0.05) is 74.2 Å². The number of anilines is 2. The van der Waals surface area contributed by atoms with Gasteiger partial charge in [-0.1, -0.05) is 12.1 Å². The number of nitrogens with two attached hydrogens (primary N) is 1. The SMILES string of the molecule is COCCCN1C(=O)c2cccc3c(NC(=O)C4CCCN(S(=O)(=O)/C(N)=C/N(C)Cl)C4)ccc1c23. The first kappa shape index (κ1) is 26.2. The van der Waals surface area contributed by atoms with Crippen LogP contribution in [0.2, 0.25) is 0 Å². The summed E-state index contributed by atoms with van der Waals surface area (Å²) in [5, 5.41) is 4.15. The monoisotopic (exact) mass is 535 g/mol. The predicted octanol–water partition coefficient (Wildman–Crippen LogP) is 2.66. The Balaban J connectivity index is 1.55. The molecular weight excluding hydrogens is 506 g/mol. The molecular formula is C24H30ClN5O5S. The molecule has 0 spiro atoms. The van der Waals surface area contributed by atoms with Crippen LogP contribution in [0, 0.1) is 5.92 Å². The Labute approximate surface area is 215 Å². The van der Waals surface area contributed by atoms with E-state index in [1.807, 2.05) is 12.1 Å². The van der Waals surface area contributed by atoms with Gasteiger partial charge in [0.25, 0.3) is 15.9 Å². The molecule has 4 rings (SSSR count). The lowest BCUT2D eigenvalue weighted by atomic mass is 9.98. The summed E-state index contributed by atoms with van der Waals surface area (Å²) in [6, 6.07) is 9.08. The summed E-state index contributed by atoms with van der Waals surface area (Å²) in [5.74, 6) is -0.907. The van der Waals surface area contributed by atoms with Crippen LogP contribution in [0.15, 0.2) is 41.6 Å². The van der Waals surface area contributed by atoms with Crippen molar-refractivity contribution in [2.45, 2.75) is 19.3 Å². The third kappa shape index (κ3) is 5.01. The average molecular weight is 536 g/mol. The van der Waals surface area contributed by atoms with Crippen LogP contribution >= 0.6 is 11.8 Å². The molecule has 1 saturated heterocycles. The van der Waals surface area contributed by atoms with Gasteiger partial charge in [-0.05, 0) is 37.5 Å². The van der Waals surface area contributed by atoms with Gasteiger partial charge < -0.3 is 20.7 Å². The van der Waals surface area contributed by atoms with Crippen LogP contribution in [0.5, 0.6) is 0 Å². The number of halogens is 1. The molecule has 1 atom stereocenters. The molecule has 3 N–H and O–H groups in total. The molecule has 0 saturated carbocycles. The Morgan fingerprint density at radius 2 is 2.11 bits per heavy atom. The third-order valence-electron chi connectivity index (χ3n) is 6.47. The number of hydrogen-bond acceptors (Lipinski definition) is 7. The Morgan fingerprint density at radius 1 is 1.33 bits per heavy atom. The summed E-state index contributed by atoms with van der Waals surface area (Å²) in [7, 11) is -0.856. The summed E-state index contributed by atoms with van der Waals surface area (Å²) in [5.41, 5.74) is 7.73. The van der Waals surface area contributed by atoms with Crippen molar-refractivity contribution in [2.75, 3.05) is 50.6 Å². The van der Waals surface area contributed by atoms with Crippen molar-refractivity contribution in [3.63, 3.8) is 0 Å². The minimum atomic E-state index is -3.94. The zero-order chi connectivity index (χ0) is 26.0. The van der Waals surface area contributed by atoms with Crippen LogP contribution < -0.4 is 16.0 Å². The summed E-state index contributed by atoms with van der Waals surface area (Å²) < 4.78 is 33.0. The number of piperidine rings is 1. The van der Waals surface area contributed by atoms with Crippen molar-refractivity contribution in [3.8, 4) is 0 Å². The van der Waals surface area contributed by atoms with Crippen molar-refractivity contribution in [1.29, 1.82) is 0 Å². The highest BCUT2D eigenvalue weighted by Crippen LogP contribution is 2.41. The van der Waals surface area contributed by atoms with Gasteiger partial charge in [-0.25, -0.2) is 8.42 Å². The van der Waals surface area contributed by atoms with Crippen LogP contribution in [-0.2, 0) is 19.6 Å². The normalized spacial score (nSPS) is 18.6. The lowest BCUT2D eigenvalue weighted by molar-refractivity contribution is -0.120. The molecule has 194 valence electrons. The lowest BCUT2D eigenvalue weighted by Crippen LogP contribution is -2.45. The average Bonchev–Trinajstić information content (AvgIpc) is 3.13. The highest BCUT2D eigenvalue weighted by molar-refractivity contribution is 7.92. The van der Waals surface area contributed by atoms with E-state index in [1.54, 1.807) is 30.2 Å². The van der Waals surface area contributed by atoms with Gasteiger partial charge in [-0.15, -0.1) is 0 Å². The number of nitrogens with one attached hydrogen (secondary N) is 1. The maximum absolute atomic E-state index is 13.2. The molecule has 0 radical (unpaired) electrons. The fourth-order valence-electron chi connectivity index (χ4n) is 4.74. The molecule has 2 amide bonds. The van der Waals surface area contributed by atoms with Crippen LogP contribution in [-0.4, -0.2) is 69.4 Å². The molecule has 2 aliphatic heterocycles. The van der Waals surface area contributed by atoms with E-state index >= 15 is 0 Å². The second-order valence-electron chi connectivity index (χ2n) is 8.91. The van der Waals surface area contributed by atoms with Crippen LogP contribution in [0.3, 0.4) is 0 Å². The number of rotatable bonds is 9. The van der Waals surface area contributed by atoms with Crippen LogP contribution in [0.25, 0.3) is 10.8 Å². The van der Waals surface area contributed by atoms with Gasteiger partial charge in [0.2, 0.25) is 5.91 Å². The first-order valence-electron chi connectivity index (χ1n) is 11.7. The van der Waals surface area contributed by atoms with Crippen molar-refractivity contribution in [2.24, 2.45) is 11.7 Å². The Bertz CT molecular complexity index is 1310. The van der Waals surface area contributed by atoms with E-state index in [4.69, 9.17) is 22.2 Å². The molecule has 10 nitrogen and oxygen atoms in total. The zero-order valence-electron chi connectivity index (χ0n) is 20.2. The largest absolute Gasteiger partial charge is 0.387 e. The maximum atomic E-state index is 13.2. The highest BCUT2D eigenvalue weighted by Gasteiger charge is 2.35. The van der Waals surface area contributed by atoms with Crippen LogP contribution in [0.1, 0.15) is 29.6 Å². The Morgan fingerprint density at radius 3 is 2.83 bits per heavy atom. The fraction of sp³-hybridized carbons (Fsp3) is 0.417. The molecule has 1 unspecified atom stereocenters. The molecule has 1 fully saturated rings. The minimum Gasteiger partial charge on any atom is -0.387 e. The molecule has 2 aliphatic rings. The standard InChI is InChI=1S/C24H30ClN5O5S/c1-28(25)15-21(26)36(33,34)29-11-4-6-16(14-29)23(31)27-19-9-10-20-22-17(19)7-3-8-18(22)24(32)30(20)12-5-13-35-2/h3,7-10,15-16H,4-6,11-14,26H2,1-2H3,(H,27,31)/b21-15+. The molecule has 2 aromatic carbocycles.